The Bertz CT molecular complexity index is 3730. The van der Waals surface area contributed by atoms with E-state index in [1.165, 1.54) is 86.2 Å². The molecule has 3 heterocycles. The highest BCUT2D eigenvalue weighted by Crippen LogP contribution is 2.39. The van der Waals surface area contributed by atoms with E-state index in [-0.39, 0.29) is 0 Å². The van der Waals surface area contributed by atoms with Crippen molar-refractivity contribution in [2.75, 3.05) is 0 Å². The van der Waals surface area contributed by atoms with Gasteiger partial charge in [-0.25, -0.2) is 0 Å². The van der Waals surface area contributed by atoms with E-state index in [0.29, 0.717) is 0 Å². The Labute approximate surface area is 372 Å². The van der Waals surface area contributed by atoms with Crippen molar-refractivity contribution in [2.45, 2.75) is 0 Å². The van der Waals surface area contributed by atoms with Crippen LogP contribution < -0.4 is 20.7 Å². The standard InChI is InChI=1S/C60H41N3Si/c1-5-20-42(21-6-1)61-56-39-37-43(62-53-31-16-13-28-48(53)49-29-14-17-32-54(49)62)40-52(56)50-38-36-44(41-58(50)61)63-55-33-18-15-30-51(55)60-57(63)34-19-35-59(60)64(45-22-7-2-8-23-45,46-24-9-3-10-25-46)47-26-11-4-12-27-47/h1-41H. The molecule has 0 spiro atoms. The maximum absolute atomic E-state index is 2.87. The topological polar surface area (TPSA) is 14.8 Å². The lowest BCUT2D eigenvalue weighted by Crippen LogP contribution is -2.74. The van der Waals surface area contributed by atoms with Gasteiger partial charge in [0.15, 0.2) is 8.07 Å². The van der Waals surface area contributed by atoms with Gasteiger partial charge >= 0.3 is 0 Å². The van der Waals surface area contributed by atoms with Crippen molar-refractivity contribution in [3.05, 3.63) is 249 Å². The van der Waals surface area contributed by atoms with Gasteiger partial charge in [0.1, 0.15) is 0 Å². The summed E-state index contributed by atoms with van der Waals surface area (Å²) in [6, 6.07) is 92.3. The summed E-state index contributed by atoms with van der Waals surface area (Å²) in [5, 5.41) is 13.0. The largest absolute Gasteiger partial charge is 0.309 e. The minimum atomic E-state index is -2.87. The second-order valence-electron chi connectivity index (χ2n) is 16.8. The molecule has 13 aromatic rings. The van der Waals surface area contributed by atoms with Crippen LogP contribution in [0, 0.1) is 0 Å². The van der Waals surface area contributed by atoms with Gasteiger partial charge in [-0.1, -0.05) is 182 Å². The number of rotatable bonds is 7. The molecule has 3 aromatic heterocycles. The van der Waals surface area contributed by atoms with Crippen LogP contribution in [0.4, 0.5) is 0 Å². The number of aromatic nitrogens is 3. The summed E-state index contributed by atoms with van der Waals surface area (Å²) in [7, 11) is -2.87. The summed E-state index contributed by atoms with van der Waals surface area (Å²) in [5.74, 6) is 0. The van der Waals surface area contributed by atoms with Crippen molar-refractivity contribution in [1.29, 1.82) is 0 Å². The molecular weight excluding hydrogens is 791 g/mol. The predicted octanol–water partition coefficient (Wildman–Crippen LogP) is 12.4. The first kappa shape index (κ1) is 36.5. The van der Waals surface area contributed by atoms with Crippen molar-refractivity contribution in [3.63, 3.8) is 0 Å². The summed E-state index contributed by atoms with van der Waals surface area (Å²) in [4.78, 5) is 0. The summed E-state index contributed by atoms with van der Waals surface area (Å²) >= 11 is 0. The molecule has 0 saturated carbocycles. The average Bonchev–Trinajstić information content (AvgIpc) is 4.01. The van der Waals surface area contributed by atoms with Crippen LogP contribution in [0.25, 0.3) is 82.5 Å². The minimum Gasteiger partial charge on any atom is -0.309 e. The van der Waals surface area contributed by atoms with Gasteiger partial charge in [-0.05, 0) is 87.5 Å². The Morgan fingerprint density at radius 1 is 0.234 bits per heavy atom. The van der Waals surface area contributed by atoms with Gasteiger partial charge in [-0.3, -0.25) is 0 Å². The van der Waals surface area contributed by atoms with Crippen LogP contribution in [0.1, 0.15) is 0 Å². The zero-order valence-corrected chi connectivity index (χ0v) is 36.0. The molecule has 10 aromatic carbocycles. The fraction of sp³-hybridized carbons (Fsp3) is 0. The minimum absolute atomic E-state index is 1.13. The Morgan fingerprint density at radius 2 is 0.641 bits per heavy atom. The highest BCUT2D eigenvalue weighted by atomic mass is 28.3. The first-order chi connectivity index (χ1) is 31.8. The molecule has 0 saturated heterocycles. The summed E-state index contributed by atoms with van der Waals surface area (Å²) in [5.41, 5.74) is 10.6. The first-order valence-corrected chi connectivity index (χ1v) is 24.1. The van der Waals surface area contributed by atoms with Crippen molar-refractivity contribution < 1.29 is 0 Å². The van der Waals surface area contributed by atoms with E-state index in [1.807, 2.05) is 0 Å². The molecular formula is C60H41N3Si. The van der Waals surface area contributed by atoms with Gasteiger partial charge in [0, 0.05) is 49.4 Å². The van der Waals surface area contributed by atoms with Gasteiger partial charge in [-0.2, -0.15) is 0 Å². The van der Waals surface area contributed by atoms with E-state index in [9.17, 15) is 0 Å². The summed E-state index contributed by atoms with van der Waals surface area (Å²) in [6.07, 6.45) is 0. The zero-order chi connectivity index (χ0) is 42.2. The van der Waals surface area contributed by atoms with Crippen LogP contribution >= 0.6 is 0 Å². The molecule has 0 atom stereocenters. The number of hydrogen-bond donors (Lipinski definition) is 0. The van der Waals surface area contributed by atoms with Gasteiger partial charge in [0.05, 0.1) is 33.1 Å². The van der Waals surface area contributed by atoms with Gasteiger partial charge in [0.2, 0.25) is 0 Å². The maximum atomic E-state index is 2.50. The van der Waals surface area contributed by atoms with E-state index in [1.54, 1.807) is 0 Å². The summed E-state index contributed by atoms with van der Waals surface area (Å²) in [6.45, 7) is 0. The molecule has 13 rings (SSSR count). The number of hydrogen-bond acceptors (Lipinski definition) is 0. The van der Waals surface area contributed by atoms with Gasteiger partial charge in [0.25, 0.3) is 0 Å². The highest BCUT2D eigenvalue weighted by Gasteiger charge is 2.43. The molecule has 0 aliphatic rings. The highest BCUT2D eigenvalue weighted by molar-refractivity contribution is 7.20. The third kappa shape index (κ3) is 5.27. The molecule has 3 nitrogen and oxygen atoms in total. The monoisotopic (exact) mass is 831 g/mol. The zero-order valence-electron chi connectivity index (χ0n) is 35.0. The Kier molecular flexibility index (Phi) is 8.23. The van der Waals surface area contributed by atoms with E-state index < -0.39 is 8.07 Å². The van der Waals surface area contributed by atoms with Crippen molar-refractivity contribution in [2.24, 2.45) is 0 Å². The van der Waals surface area contributed by atoms with Crippen LogP contribution in [0.5, 0.6) is 0 Å². The van der Waals surface area contributed by atoms with Crippen LogP contribution in [-0.2, 0) is 0 Å². The smallest absolute Gasteiger partial charge is 0.180 e. The van der Waals surface area contributed by atoms with Crippen molar-refractivity contribution in [3.8, 4) is 17.1 Å². The van der Waals surface area contributed by atoms with E-state index >= 15 is 0 Å². The SMILES string of the molecule is c1ccc(-n2c3ccc(-n4c5ccccc5c5ccccc54)cc3c3ccc(-n4c5ccccc5c5c([Si](c6ccccc6)(c6ccccc6)c6ccccc6)cccc54)cc32)cc1. The van der Waals surface area contributed by atoms with Gasteiger partial charge < -0.3 is 13.7 Å². The van der Waals surface area contributed by atoms with E-state index in [0.717, 1.165) is 17.1 Å². The van der Waals surface area contributed by atoms with Crippen LogP contribution in [-0.4, -0.2) is 21.8 Å². The Hall–Kier alpha value is -8.18. The van der Waals surface area contributed by atoms with Crippen molar-refractivity contribution in [1.82, 2.24) is 13.7 Å². The molecule has 4 heteroatoms. The number of para-hydroxylation sites is 4. The molecule has 64 heavy (non-hydrogen) atoms. The van der Waals surface area contributed by atoms with Crippen LogP contribution in [0.2, 0.25) is 0 Å². The molecule has 0 aliphatic heterocycles. The van der Waals surface area contributed by atoms with Gasteiger partial charge in [-0.15, -0.1) is 0 Å². The predicted molar refractivity (Wildman–Crippen MR) is 273 cm³/mol. The fourth-order valence-corrected chi connectivity index (χ4v) is 16.0. The lowest BCUT2D eigenvalue weighted by atomic mass is 10.1. The maximum Gasteiger partial charge on any atom is 0.180 e. The van der Waals surface area contributed by atoms with Crippen LogP contribution in [0.3, 0.4) is 0 Å². The third-order valence-electron chi connectivity index (χ3n) is 13.6. The third-order valence-corrected chi connectivity index (χ3v) is 18.4. The molecule has 0 aliphatic carbocycles. The number of benzene rings is 10. The molecule has 0 amide bonds. The molecule has 0 fully saturated rings. The Morgan fingerprint density at radius 3 is 1.23 bits per heavy atom. The second kappa shape index (κ2) is 14.5. The summed E-state index contributed by atoms with van der Waals surface area (Å²) < 4.78 is 7.37. The average molecular weight is 832 g/mol. The first-order valence-electron chi connectivity index (χ1n) is 22.1. The molecule has 0 bridgehead atoms. The lowest BCUT2D eigenvalue weighted by Gasteiger charge is -2.35. The molecule has 300 valence electrons. The lowest BCUT2D eigenvalue weighted by molar-refractivity contribution is 1.15. The quantitative estimate of drug-likeness (QED) is 0.112. The number of fused-ring (bicyclic) bond motifs is 9. The van der Waals surface area contributed by atoms with Crippen molar-refractivity contribution >= 4 is 94.2 Å². The van der Waals surface area contributed by atoms with E-state index in [2.05, 4.69) is 262 Å². The number of nitrogens with zero attached hydrogens (tertiary/aromatic N) is 3. The Balaban J connectivity index is 1.10. The van der Waals surface area contributed by atoms with E-state index in [4.69, 9.17) is 0 Å². The normalized spacial score (nSPS) is 12.1. The molecule has 0 N–H and O–H groups in total. The second-order valence-corrected chi connectivity index (χ2v) is 20.6. The molecule has 0 unspecified atom stereocenters. The molecule has 0 radical (unpaired) electrons. The fourth-order valence-electron chi connectivity index (χ4n) is 11.0. The van der Waals surface area contributed by atoms with Crippen LogP contribution in [0.15, 0.2) is 249 Å².